The zero-order valence-electron chi connectivity index (χ0n) is 16.5. The molecule has 0 bridgehead atoms. The first-order valence-corrected chi connectivity index (χ1v) is 9.89. The molecule has 7 nitrogen and oxygen atoms in total. The quantitative estimate of drug-likeness (QED) is 0.595. The van der Waals surface area contributed by atoms with Gasteiger partial charge in [0, 0.05) is 25.0 Å². The highest BCUT2D eigenvalue weighted by Crippen LogP contribution is 2.30. The Labute approximate surface area is 176 Å². The standard InChI is InChI=1S/C21H20F3N5O2/c22-21(23,24)19-27-26-18(31-19)15-9-10-16(25-13-15)14-29(17-7-3-1-4-8-17)20(30)28-11-5-2-6-12-28/h1,3-4,7-10,13H,2,5-6,11-12,14H2. The number of piperidine rings is 1. The van der Waals surface area contributed by atoms with Crippen LogP contribution in [0.5, 0.6) is 0 Å². The minimum Gasteiger partial charge on any atom is -0.413 e. The molecule has 2 amide bonds. The largest absolute Gasteiger partial charge is 0.470 e. The van der Waals surface area contributed by atoms with Crippen molar-refractivity contribution in [1.29, 1.82) is 0 Å². The van der Waals surface area contributed by atoms with Crippen molar-refractivity contribution in [3.63, 3.8) is 0 Å². The zero-order valence-corrected chi connectivity index (χ0v) is 16.5. The molecule has 1 saturated heterocycles. The average molecular weight is 431 g/mol. The van der Waals surface area contributed by atoms with Gasteiger partial charge >= 0.3 is 18.1 Å². The Balaban J connectivity index is 1.54. The van der Waals surface area contributed by atoms with Gasteiger partial charge in [-0.1, -0.05) is 18.2 Å². The van der Waals surface area contributed by atoms with E-state index < -0.39 is 12.1 Å². The molecule has 1 aromatic carbocycles. The van der Waals surface area contributed by atoms with E-state index in [2.05, 4.69) is 19.6 Å². The normalized spacial score (nSPS) is 14.5. The average Bonchev–Trinajstić information content (AvgIpc) is 3.30. The molecule has 0 saturated carbocycles. The molecule has 4 rings (SSSR count). The molecule has 1 aliphatic heterocycles. The van der Waals surface area contributed by atoms with Crippen molar-refractivity contribution in [1.82, 2.24) is 20.1 Å². The van der Waals surface area contributed by atoms with Gasteiger partial charge in [0.05, 0.1) is 17.8 Å². The number of amides is 2. The number of benzene rings is 1. The number of hydrogen-bond donors (Lipinski definition) is 0. The topological polar surface area (TPSA) is 75.4 Å². The Morgan fingerprint density at radius 2 is 1.77 bits per heavy atom. The predicted molar refractivity (Wildman–Crippen MR) is 106 cm³/mol. The number of carbonyl (C=O) groups is 1. The van der Waals surface area contributed by atoms with E-state index in [1.165, 1.54) is 6.20 Å². The second kappa shape index (κ2) is 8.75. The van der Waals surface area contributed by atoms with E-state index in [4.69, 9.17) is 0 Å². The second-order valence-electron chi connectivity index (χ2n) is 7.20. The van der Waals surface area contributed by atoms with E-state index in [0.717, 1.165) is 24.9 Å². The first-order valence-electron chi connectivity index (χ1n) is 9.89. The highest BCUT2D eigenvalue weighted by molar-refractivity contribution is 5.91. The number of hydrogen-bond acceptors (Lipinski definition) is 5. The van der Waals surface area contributed by atoms with Crippen molar-refractivity contribution >= 4 is 11.7 Å². The summed E-state index contributed by atoms with van der Waals surface area (Å²) >= 11 is 0. The summed E-state index contributed by atoms with van der Waals surface area (Å²) in [4.78, 5) is 21.0. The number of urea groups is 1. The van der Waals surface area contributed by atoms with Gasteiger partial charge in [0.1, 0.15) is 0 Å². The maximum atomic E-state index is 13.2. The van der Waals surface area contributed by atoms with Crippen LogP contribution < -0.4 is 4.90 Å². The van der Waals surface area contributed by atoms with E-state index in [9.17, 15) is 18.0 Å². The van der Waals surface area contributed by atoms with E-state index in [1.54, 1.807) is 17.0 Å². The number of halogens is 3. The van der Waals surface area contributed by atoms with E-state index in [-0.39, 0.29) is 24.0 Å². The SMILES string of the molecule is O=C(N1CCCCC1)N(Cc1ccc(-c2nnc(C(F)(F)F)o2)cn1)c1ccccc1. The van der Waals surface area contributed by atoms with Crippen LogP contribution in [-0.2, 0) is 12.7 Å². The van der Waals surface area contributed by atoms with Gasteiger partial charge < -0.3 is 9.32 Å². The van der Waals surface area contributed by atoms with Crippen LogP contribution in [0.25, 0.3) is 11.5 Å². The lowest BCUT2D eigenvalue weighted by molar-refractivity contribution is -0.156. The van der Waals surface area contributed by atoms with Crippen LogP contribution in [0.4, 0.5) is 23.7 Å². The first-order chi connectivity index (χ1) is 14.9. The molecule has 0 N–H and O–H groups in total. The van der Waals surface area contributed by atoms with Gasteiger partial charge in [0.25, 0.3) is 0 Å². The van der Waals surface area contributed by atoms with Crippen molar-refractivity contribution < 1.29 is 22.4 Å². The summed E-state index contributed by atoms with van der Waals surface area (Å²) in [5.74, 6) is -1.68. The first kappa shape index (κ1) is 20.8. The van der Waals surface area contributed by atoms with E-state index in [0.29, 0.717) is 18.8 Å². The van der Waals surface area contributed by atoms with Crippen molar-refractivity contribution in [2.24, 2.45) is 0 Å². The maximum absolute atomic E-state index is 13.2. The predicted octanol–water partition coefficient (Wildman–Crippen LogP) is 4.76. The lowest BCUT2D eigenvalue weighted by Crippen LogP contribution is -2.45. The van der Waals surface area contributed by atoms with E-state index in [1.807, 2.05) is 35.2 Å². The van der Waals surface area contributed by atoms with Crippen LogP contribution in [0.1, 0.15) is 30.8 Å². The molecule has 3 heterocycles. The third-order valence-corrected chi connectivity index (χ3v) is 4.98. The summed E-state index contributed by atoms with van der Waals surface area (Å²) in [7, 11) is 0. The summed E-state index contributed by atoms with van der Waals surface area (Å²) in [6.45, 7) is 1.65. The van der Waals surface area contributed by atoms with Gasteiger partial charge in [-0.25, -0.2) is 4.79 Å². The molecule has 162 valence electrons. The van der Waals surface area contributed by atoms with Gasteiger partial charge in [0.15, 0.2) is 0 Å². The summed E-state index contributed by atoms with van der Waals surface area (Å²) < 4.78 is 42.7. The Kier molecular flexibility index (Phi) is 5.88. The molecule has 0 spiro atoms. The number of carbonyl (C=O) groups excluding carboxylic acids is 1. The number of likely N-dealkylation sites (tertiary alicyclic amines) is 1. The highest BCUT2D eigenvalue weighted by atomic mass is 19.4. The van der Waals surface area contributed by atoms with Crippen molar-refractivity contribution in [2.75, 3.05) is 18.0 Å². The molecule has 10 heteroatoms. The molecule has 1 fully saturated rings. The smallest absolute Gasteiger partial charge is 0.413 e. The number of nitrogens with zero attached hydrogens (tertiary/aromatic N) is 5. The molecule has 31 heavy (non-hydrogen) atoms. The third kappa shape index (κ3) is 4.84. The summed E-state index contributed by atoms with van der Waals surface area (Å²) in [6.07, 6.45) is -0.276. The summed E-state index contributed by atoms with van der Waals surface area (Å²) in [6, 6.07) is 12.4. The van der Waals surface area contributed by atoms with Crippen molar-refractivity contribution in [3.8, 4) is 11.5 Å². The number of rotatable bonds is 4. The van der Waals surface area contributed by atoms with Crippen molar-refractivity contribution in [3.05, 3.63) is 60.2 Å². The molecule has 0 radical (unpaired) electrons. The maximum Gasteiger partial charge on any atom is 0.470 e. The number of anilines is 1. The van der Waals surface area contributed by atoms with Crippen LogP contribution >= 0.6 is 0 Å². The monoisotopic (exact) mass is 431 g/mol. The fraction of sp³-hybridized carbons (Fsp3) is 0.333. The Morgan fingerprint density at radius 1 is 1.03 bits per heavy atom. The molecular weight excluding hydrogens is 411 g/mol. The van der Waals surface area contributed by atoms with Gasteiger partial charge in [-0.3, -0.25) is 9.88 Å². The van der Waals surface area contributed by atoms with Crippen LogP contribution in [0.2, 0.25) is 0 Å². The third-order valence-electron chi connectivity index (χ3n) is 4.98. The molecule has 1 aliphatic rings. The summed E-state index contributed by atoms with van der Waals surface area (Å²) in [5, 5.41) is 6.45. The van der Waals surface area contributed by atoms with Crippen molar-refractivity contribution in [2.45, 2.75) is 32.0 Å². The minimum absolute atomic E-state index is 0.0940. The van der Waals surface area contributed by atoms with E-state index >= 15 is 0 Å². The van der Waals surface area contributed by atoms with Crippen LogP contribution in [0.3, 0.4) is 0 Å². The van der Waals surface area contributed by atoms with Gasteiger partial charge in [-0.05, 0) is 43.5 Å². The second-order valence-corrected chi connectivity index (χ2v) is 7.20. The fourth-order valence-electron chi connectivity index (χ4n) is 3.39. The Hall–Kier alpha value is -3.43. The highest BCUT2D eigenvalue weighted by Gasteiger charge is 2.38. The van der Waals surface area contributed by atoms with Crippen LogP contribution in [0.15, 0.2) is 53.1 Å². The molecule has 0 aliphatic carbocycles. The molecule has 2 aromatic heterocycles. The Morgan fingerprint density at radius 3 is 2.39 bits per heavy atom. The number of para-hydroxylation sites is 1. The lowest BCUT2D eigenvalue weighted by Gasteiger charge is -2.33. The number of pyridine rings is 1. The van der Waals surface area contributed by atoms with Crippen LogP contribution in [0, 0.1) is 0 Å². The zero-order chi connectivity index (χ0) is 21.8. The molecule has 0 atom stereocenters. The molecule has 0 unspecified atom stereocenters. The summed E-state index contributed by atoms with van der Waals surface area (Å²) in [5.41, 5.74) is 1.59. The minimum atomic E-state index is -4.70. The number of aromatic nitrogens is 3. The molecular formula is C21H20F3N5O2. The van der Waals surface area contributed by atoms with Gasteiger partial charge in [0.2, 0.25) is 5.89 Å². The lowest BCUT2D eigenvalue weighted by atomic mass is 10.1. The van der Waals surface area contributed by atoms with Gasteiger partial charge in [-0.15, -0.1) is 10.2 Å². The molecule has 3 aromatic rings. The number of alkyl halides is 3. The van der Waals surface area contributed by atoms with Gasteiger partial charge in [-0.2, -0.15) is 13.2 Å². The fourth-order valence-corrected chi connectivity index (χ4v) is 3.39. The van der Waals surface area contributed by atoms with Crippen LogP contribution in [-0.4, -0.2) is 39.2 Å². The Bertz CT molecular complexity index is 1020.